The SMILES string of the molecule is COc1ccc(C(NC(=O)c2ccc3cnc(NC4CCOCC4)nc3c2)C2CCCN2)cc1F. The number of rotatable bonds is 7. The van der Waals surface area contributed by atoms with Gasteiger partial charge in [0.05, 0.1) is 18.7 Å². The number of hydrogen-bond acceptors (Lipinski definition) is 7. The van der Waals surface area contributed by atoms with Crippen molar-refractivity contribution in [3.8, 4) is 5.75 Å². The van der Waals surface area contributed by atoms with E-state index < -0.39 is 5.82 Å². The molecule has 3 N–H and O–H groups in total. The minimum atomic E-state index is -0.450. The Hall–Kier alpha value is -3.30. The van der Waals surface area contributed by atoms with Crippen molar-refractivity contribution in [3.05, 3.63) is 59.5 Å². The molecule has 0 radical (unpaired) electrons. The lowest BCUT2D eigenvalue weighted by atomic mass is 9.97. The first-order chi connectivity index (χ1) is 17.1. The maximum absolute atomic E-state index is 14.5. The molecule has 0 saturated carbocycles. The summed E-state index contributed by atoms with van der Waals surface area (Å²) in [7, 11) is 1.43. The lowest BCUT2D eigenvalue weighted by Crippen LogP contribution is -2.41. The summed E-state index contributed by atoms with van der Waals surface area (Å²) in [6.45, 7) is 2.32. The van der Waals surface area contributed by atoms with Crippen molar-refractivity contribution in [2.45, 2.75) is 43.8 Å². The molecule has 0 bridgehead atoms. The van der Waals surface area contributed by atoms with Crippen LogP contribution in [0, 0.1) is 5.82 Å². The van der Waals surface area contributed by atoms with Crippen LogP contribution in [-0.2, 0) is 4.74 Å². The minimum absolute atomic E-state index is 0.0183. The Morgan fingerprint density at radius 3 is 2.80 bits per heavy atom. The first-order valence-corrected chi connectivity index (χ1v) is 12.1. The van der Waals surface area contributed by atoms with E-state index in [2.05, 4.69) is 25.9 Å². The van der Waals surface area contributed by atoms with Gasteiger partial charge in [-0.1, -0.05) is 12.1 Å². The number of nitrogens with one attached hydrogen (secondary N) is 3. The zero-order valence-electron chi connectivity index (χ0n) is 19.7. The third-order valence-corrected chi connectivity index (χ3v) is 6.72. The highest BCUT2D eigenvalue weighted by Crippen LogP contribution is 2.28. The van der Waals surface area contributed by atoms with Gasteiger partial charge in [-0.25, -0.2) is 14.4 Å². The minimum Gasteiger partial charge on any atom is -0.494 e. The number of nitrogens with zero attached hydrogens (tertiary/aromatic N) is 2. The fourth-order valence-electron chi connectivity index (χ4n) is 4.77. The van der Waals surface area contributed by atoms with Crippen molar-refractivity contribution >= 4 is 22.8 Å². The maximum Gasteiger partial charge on any atom is 0.251 e. The van der Waals surface area contributed by atoms with Crippen molar-refractivity contribution < 1.29 is 18.7 Å². The molecule has 0 aliphatic carbocycles. The maximum atomic E-state index is 14.5. The van der Waals surface area contributed by atoms with Gasteiger partial charge in [0.15, 0.2) is 11.6 Å². The lowest BCUT2D eigenvalue weighted by molar-refractivity contribution is 0.0902. The van der Waals surface area contributed by atoms with E-state index in [4.69, 9.17) is 9.47 Å². The largest absolute Gasteiger partial charge is 0.494 e. The second-order valence-electron chi connectivity index (χ2n) is 9.05. The van der Waals surface area contributed by atoms with E-state index in [1.54, 1.807) is 30.5 Å². The van der Waals surface area contributed by atoms with E-state index in [1.165, 1.54) is 13.2 Å². The Morgan fingerprint density at radius 1 is 1.20 bits per heavy atom. The predicted molar refractivity (Wildman–Crippen MR) is 131 cm³/mol. The molecule has 184 valence electrons. The second-order valence-corrected chi connectivity index (χ2v) is 9.05. The van der Waals surface area contributed by atoms with Crippen LogP contribution < -0.4 is 20.7 Å². The van der Waals surface area contributed by atoms with Crippen LogP contribution in [0.2, 0.25) is 0 Å². The predicted octanol–water partition coefficient (Wildman–Crippen LogP) is 3.59. The number of carbonyl (C=O) groups excluding carboxylic acids is 1. The molecule has 2 aliphatic heterocycles. The topological polar surface area (TPSA) is 97.4 Å². The Balaban J connectivity index is 1.37. The van der Waals surface area contributed by atoms with Gasteiger partial charge in [0, 0.05) is 42.4 Å². The number of carbonyl (C=O) groups is 1. The summed E-state index contributed by atoms with van der Waals surface area (Å²) >= 11 is 0. The molecule has 2 fully saturated rings. The van der Waals surface area contributed by atoms with Crippen LogP contribution in [0.4, 0.5) is 10.3 Å². The van der Waals surface area contributed by atoms with Gasteiger partial charge in [-0.2, -0.15) is 0 Å². The summed E-state index contributed by atoms with van der Waals surface area (Å²) in [5.41, 5.74) is 1.88. The molecular weight excluding hydrogens is 449 g/mol. The number of fused-ring (bicyclic) bond motifs is 1. The van der Waals surface area contributed by atoms with Crippen LogP contribution in [0.1, 0.15) is 47.6 Å². The van der Waals surface area contributed by atoms with Gasteiger partial charge in [0.1, 0.15) is 0 Å². The molecule has 35 heavy (non-hydrogen) atoms. The molecule has 8 nitrogen and oxygen atoms in total. The number of hydrogen-bond donors (Lipinski definition) is 3. The summed E-state index contributed by atoms with van der Waals surface area (Å²) in [6, 6.07) is 10.1. The van der Waals surface area contributed by atoms with E-state index >= 15 is 0 Å². The fraction of sp³-hybridized carbons (Fsp3) is 0.423. The Labute approximate surface area is 203 Å². The van der Waals surface area contributed by atoms with E-state index in [0.717, 1.165) is 50.8 Å². The average Bonchev–Trinajstić information content (AvgIpc) is 3.42. The standard InChI is InChI=1S/C26H30FN5O3/c1-34-23-7-6-16(13-20(23)27)24(21-3-2-10-28-21)32-25(33)17-4-5-18-15-29-26(31-22(18)14-17)30-19-8-11-35-12-9-19/h4-7,13-15,19,21,24,28H,2-3,8-12H2,1H3,(H,32,33)(H,29,30,31). The van der Waals surface area contributed by atoms with Gasteiger partial charge in [-0.15, -0.1) is 0 Å². The van der Waals surface area contributed by atoms with E-state index in [9.17, 15) is 9.18 Å². The Morgan fingerprint density at radius 2 is 2.06 bits per heavy atom. The lowest BCUT2D eigenvalue weighted by Gasteiger charge is -2.26. The summed E-state index contributed by atoms with van der Waals surface area (Å²) in [5.74, 6) is 0.0369. The summed E-state index contributed by atoms with van der Waals surface area (Å²) in [5, 5.41) is 10.8. The molecular formula is C26H30FN5O3. The molecule has 2 atom stereocenters. The highest BCUT2D eigenvalue weighted by molar-refractivity contribution is 5.98. The number of benzene rings is 2. The molecule has 0 spiro atoms. The van der Waals surface area contributed by atoms with Gasteiger partial charge in [0.25, 0.3) is 5.91 Å². The number of aromatic nitrogens is 2. The van der Waals surface area contributed by atoms with Crippen molar-refractivity contribution in [1.29, 1.82) is 0 Å². The van der Waals surface area contributed by atoms with Gasteiger partial charge >= 0.3 is 0 Å². The highest BCUT2D eigenvalue weighted by Gasteiger charge is 2.28. The van der Waals surface area contributed by atoms with Crippen molar-refractivity contribution in [2.24, 2.45) is 0 Å². The first-order valence-electron chi connectivity index (χ1n) is 12.1. The molecule has 2 saturated heterocycles. The molecule has 2 aliphatic rings. The van der Waals surface area contributed by atoms with Crippen molar-refractivity contribution in [3.63, 3.8) is 0 Å². The molecule has 1 aromatic heterocycles. The van der Waals surface area contributed by atoms with E-state index in [0.29, 0.717) is 22.6 Å². The molecule has 2 unspecified atom stereocenters. The molecule has 2 aromatic carbocycles. The number of amides is 1. The number of halogens is 1. The Kier molecular flexibility index (Phi) is 7.06. The zero-order valence-corrected chi connectivity index (χ0v) is 19.7. The average molecular weight is 480 g/mol. The van der Waals surface area contributed by atoms with Crippen LogP contribution >= 0.6 is 0 Å². The Bertz CT molecular complexity index is 1190. The summed E-state index contributed by atoms with van der Waals surface area (Å²) in [4.78, 5) is 22.4. The quantitative estimate of drug-likeness (QED) is 0.476. The zero-order chi connectivity index (χ0) is 24.2. The third kappa shape index (κ3) is 5.36. The number of methoxy groups -OCH3 is 1. The smallest absolute Gasteiger partial charge is 0.251 e. The van der Waals surface area contributed by atoms with Crippen LogP contribution in [0.5, 0.6) is 5.75 Å². The van der Waals surface area contributed by atoms with Crippen LogP contribution in [0.3, 0.4) is 0 Å². The number of ether oxygens (including phenoxy) is 2. The summed E-state index contributed by atoms with van der Waals surface area (Å²) in [6.07, 6.45) is 5.48. The molecule has 3 heterocycles. The normalized spacial score (nSPS) is 19.4. The highest BCUT2D eigenvalue weighted by atomic mass is 19.1. The van der Waals surface area contributed by atoms with Crippen molar-refractivity contribution in [2.75, 3.05) is 32.2 Å². The number of anilines is 1. The van der Waals surface area contributed by atoms with E-state index in [-0.39, 0.29) is 29.8 Å². The fourth-order valence-corrected chi connectivity index (χ4v) is 4.77. The molecule has 5 rings (SSSR count). The van der Waals surface area contributed by atoms with Gasteiger partial charge in [0.2, 0.25) is 5.95 Å². The van der Waals surface area contributed by atoms with Crippen LogP contribution in [0.25, 0.3) is 10.9 Å². The third-order valence-electron chi connectivity index (χ3n) is 6.72. The molecule has 9 heteroatoms. The summed E-state index contributed by atoms with van der Waals surface area (Å²) < 4.78 is 24.9. The first kappa shape index (κ1) is 23.4. The second kappa shape index (κ2) is 10.5. The van der Waals surface area contributed by atoms with Gasteiger partial charge in [-0.3, -0.25) is 4.79 Å². The van der Waals surface area contributed by atoms with Crippen LogP contribution in [-0.4, -0.2) is 54.8 Å². The van der Waals surface area contributed by atoms with Crippen molar-refractivity contribution in [1.82, 2.24) is 20.6 Å². The van der Waals surface area contributed by atoms with Gasteiger partial charge < -0.3 is 25.4 Å². The monoisotopic (exact) mass is 479 g/mol. The van der Waals surface area contributed by atoms with Crippen LogP contribution in [0.15, 0.2) is 42.6 Å². The van der Waals surface area contributed by atoms with Gasteiger partial charge in [-0.05, 0) is 62.1 Å². The molecule has 1 amide bonds. The molecule has 3 aromatic rings. The van der Waals surface area contributed by atoms with E-state index in [1.807, 2.05) is 6.07 Å².